The van der Waals surface area contributed by atoms with Gasteiger partial charge in [0.2, 0.25) is 0 Å². The molecular formula is C14H21N3O. The molecule has 0 spiro atoms. The minimum Gasteiger partial charge on any atom is -0.371 e. The molecule has 1 aromatic rings. The Kier molecular flexibility index (Phi) is 4.07. The Labute approximate surface area is 109 Å². The number of anilines is 2. The lowest BCUT2D eigenvalue weighted by Crippen LogP contribution is -2.47. The number of likely N-dealkylation sites (N-methyl/N-ethyl adjacent to an activating group) is 1. The number of fused-ring (bicyclic) bond motifs is 1. The molecule has 18 heavy (non-hydrogen) atoms. The van der Waals surface area contributed by atoms with Crippen LogP contribution in [0, 0.1) is 0 Å². The number of hydrogen-bond donors (Lipinski definition) is 1. The van der Waals surface area contributed by atoms with Gasteiger partial charge in [-0.1, -0.05) is 25.5 Å². The zero-order valence-electron chi connectivity index (χ0n) is 11.1. The molecule has 2 rings (SSSR count). The molecule has 0 radical (unpaired) electrons. The van der Waals surface area contributed by atoms with Gasteiger partial charge in [-0.05, 0) is 18.6 Å². The molecular weight excluding hydrogens is 226 g/mol. The van der Waals surface area contributed by atoms with Crippen molar-refractivity contribution in [3.63, 3.8) is 0 Å². The molecule has 0 saturated heterocycles. The van der Waals surface area contributed by atoms with Crippen molar-refractivity contribution in [2.75, 3.05) is 36.5 Å². The Balaban J connectivity index is 2.11. The number of amides is 2. The van der Waals surface area contributed by atoms with E-state index >= 15 is 0 Å². The number of rotatable bonds is 3. The van der Waals surface area contributed by atoms with Crippen molar-refractivity contribution in [3.05, 3.63) is 24.3 Å². The first-order valence-electron chi connectivity index (χ1n) is 6.59. The molecule has 0 unspecified atom stereocenters. The van der Waals surface area contributed by atoms with Crippen LogP contribution in [0.5, 0.6) is 0 Å². The van der Waals surface area contributed by atoms with E-state index < -0.39 is 0 Å². The quantitative estimate of drug-likeness (QED) is 0.833. The summed E-state index contributed by atoms with van der Waals surface area (Å²) in [6.45, 7) is 4.49. The molecule has 4 heteroatoms. The van der Waals surface area contributed by atoms with Crippen LogP contribution in [0.15, 0.2) is 24.3 Å². The zero-order chi connectivity index (χ0) is 13.0. The van der Waals surface area contributed by atoms with E-state index in [1.165, 1.54) is 0 Å². The Bertz CT molecular complexity index is 419. The summed E-state index contributed by atoms with van der Waals surface area (Å²) >= 11 is 0. The molecule has 1 N–H and O–H groups in total. The van der Waals surface area contributed by atoms with Gasteiger partial charge in [-0.2, -0.15) is 0 Å². The maximum atomic E-state index is 12.1. The minimum absolute atomic E-state index is 0.0176. The number of urea groups is 1. The lowest BCUT2D eigenvalue weighted by atomic mass is 10.2. The van der Waals surface area contributed by atoms with Crippen molar-refractivity contribution < 1.29 is 4.79 Å². The SMILES string of the molecule is CCCCNC(=O)N1CCN(C)c2ccccc21. The molecule has 0 bridgehead atoms. The number of para-hydroxylation sites is 2. The van der Waals surface area contributed by atoms with Gasteiger partial charge in [-0.15, -0.1) is 0 Å². The number of nitrogens with one attached hydrogen (secondary N) is 1. The van der Waals surface area contributed by atoms with Crippen LogP contribution >= 0.6 is 0 Å². The summed E-state index contributed by atoms with van der Waals surface area (Å²) in [5.41, 5.74) is 2.12. The molecule has 1 aromatic carbocycles. The van der Waals surface area contributed by atoms with Gasteiger partial charge in [0, 0.05) is 26.7 Å². The van der Waals surface area contributed by atoms with Crippen LogP contribution in [0.4, 0.5) is 16.2 Å². The van der Waals surface area contributed by atoms with Crippen molar-refractivity contribution in [1.82, 2.24) is 5.32 Å². The fourth-order valence-electron chi connectivity index (χ4n) is 2.18. The second kappa shape index (κ2) is 5.76. The van der Waals surface area contributed by atoms with Crippen LogP contribution in [0.1, 0.15) is 19.8 Å². The topological polar surface area (TPSA) is 35.6 Å². The molecule has 1 aliphatic rings. The third-order valence-corrected chi connectivity index (χ3v) is 3.29. The van der Waals surface area contributed by atoms with Crippen molar-refractivity contribution in [2.45, 2.75) is 19.8 Å². The summed E-state index contributed by atoms with van der Waals surface area (Å²) in [6, 6.07) is 8.06. The first-order valence-corrected chi connectivity index (χ1v) is 6.59. The largest absolute Gasteiger partial charge is 0.371 e. The monoisotopic (exact) mass is 247 g/mol. The first kappa shape index (κ1) is 12.7. The molecule has 1 aliphatic heterocycles. The maximum Gasteiger partial charge on any atom is 0.322 e. The van der Waals surface area contributed by atoms with Gasteiger partial charge in [-0.3, -0.25) is 4.90 Å². The molecule has 0 aliphatic carbocycles. The second-order valence-corrected chi connectivity index (χ2v) is 4.65. The molecule has 0 atom stereocenters. The summed E-state index contributed by atoms with van der Waals surface area (Å²) in [7, 11) is 2.06. The fraction of sp³-hybridized carbons (Fsp3) is 0.500. The number of carbonyl (C=O) groups excluding carboxylic acids is 1. The predicted molar refractivity (Wildman–Crippen MR) is 75.4 cm³/mol. The molecule has 98 valence electrons. The first-order chi connectivity index (χ1) is 8.74. The Hall–Kier alpha value is -1.71. The van der Waals surface area contributed by atoms with Gasteiger partial charge in [0.05, 0.1) is 11.4 Å². The lowest BCUT2D eigenvalue weighted by molar-refractivity contribution is 0.246. The average molecular weight is 247 g/mol. The fourth-order valence-corrected chi connectivity index (χ4v) is 2.18. The van der Waals surface area contributed by atoms with E-state index in [2.05, 4.69) is 30.3 Å². The highest BCUT2D eigenvalue weighted by Crippen LogP contribution is 2.31. The van der Waals surface area contributed by atoms with Crippen molar-refractivity contribution in [2.24, 2.45) is 0 Å². The van der Waals surface area contributed by atoms with Crippen LogP contribution < -0.4 is 15.1 Å². The Morgan fingerprint density at radius 1 is 1.28 bits per heavy atom. The number of nitrogens with zero attached hydrogens (tertiary/aromatic N) is 2. The number of carbonyl (C=O) groups is 1. The summed E-state index contributed by atoms with van der Waals surface area (Å²) in [4.78, 5) is 16.2. The van der Waals surface area contributed by atoms with E-state index in [9.17, 15) is 4.79 Å². The highest BCUT2D eigenvalue weighted by Gasteiger charge is 2.24. The zero-order valence-corrected chi connectivity index (χ0v) is 11.1. The number of benzene rings is 1. The van der Waals surface area contributed by atoms with E-state index in [0.29, 0.717) is 0 Å². The minimum atomic E-state index is 0.0176. The number of unbranched alkanes of at least 4 members (excludes halogenated alkanes) is 1. The predicted octanol–water partition coefficient (Wildman–Crippen LogP) is 2.45. The molecule has 0 saturated carbocycles. The van der Waals surface area contributed by atoms with Gasteiger partial charge >= 0.3 is 6.03 Å². The summed E-state index contributed by atoms with van der Waals surface area (Å²) in [5, 5.41) is 2.98. The normalized spacial score (nSPS) is 14.3. The molecule has 0 fully saturated rings. The van der Waals surface area contributed by atoms with Crippen LogP contribution in [0.2, 0.25) is 0 Å². The third kappa shape index (κ3) is 2.58. The Morgan fingerprint density at radius 3 is 2.72 bits per heavy atom. The van der Waals surface area contributed by atoms with E-state index in [-0.39, 0.29) is 6.03 Å². The van der Waals surface area contributed by atoms with Gasteiger partial charge < -0.3 is 10.2 Å². The number of hydrogen-bond acceptors (Lipinski definition) is 2. The summed E-state index contributed by atoms with van der Waals surface area (Å²) in [5.74, 6) is 0. The molecule has 4 nitrogen and oxygen atoms in total. The third-order valence-electron chi connectivity index (χ3n) is 3.29. The van der Waals surface area contributed by atoms with Crippen molar-refractivity contribution in [1.29, 1.82) is 0 Å². The van der Waals surface area contributed by atoms with Crippen LogP contribution in [0.3, 0.4) is 0 Å². The van der Waals surface area contributed by atoms with Gasteiger partial charge in [0.15, 0.2) is 0 Å². The van der Waals surface area contributed by atoms with Crippen LogP contribution in [-0.2, 0) is 0 Å². The Morgan fingerprint density at radius 2 is 2.00 bits per heavy atom. The van der Waals surface area contributed by atoms with E-state index in [1.54, 1.807) is 0 Å². The summed E-state index contributed by atoms with van der Waals surface area (Å²) in [6.07, 6.45) is 2.13. The van der Waals surface area contributed by atoms with Crippen molar-refractivity contribution >= 4 is 17.4 Å². The summed E-state index contributed by atoms with van der Waals surface area (Å²) < 4.78 is 0. The van der Waals surface area contributed by atoms with Crippen LogP contribution in [-0.4, -0.2) is 32.7 Å². The highest BCUT2D eigenvalue weighted by atomic mass is 16.2. The molecule has 2 amide bonds. The average Bonchev–Trinajstić information content (AvgIpc) is 2.39. The van der Waals surface area contributed by atoms with Gasteiger partial charge in [0.25, 0.3) is 0 Å². The van der Waals surface area contributed by atoms with Gasteiger partial charge in [-0.25, -0.2) is 4.79 Å². The van der Waals surface area contributed by atoms with E-state index in [0.717, 1.165) is 43.9 Å². The molecule has 0 aromatic heterocycles. The second-order valence-electron chi connectivity index (χ2n) is 4.65. The van der Waals surface area contributed by atoms with Gasteiger partial charge in [0.1, 0.15) is 0 Å². The smallest absolute Gasteiger partial charge is 0.322 e. The molecule has 1 heterocycles. The van der Waals surface area contributed by atoms with Crippen LogP contribution in [0.25, 0.3) is 0 Å². The maximum absolute atomic E-state index is 12.1. The standard InChI is InChI=1S/C14H21N3O/c1-3-4-9-15-14(18)17-11-10-16(2)12-7-5-6-8-13(12)17/h5-8H,3-4,9-11H2,1-2H3,(H,15,18). The highest BCUT2D eigenvalue weighted by molar-refractivity contribution is 5.96. The van der Waals surface area contributed by atoms with Crippen molar-refractivity contribution in [3.8, 4) is 0 Å². The van der Waals surface area contributed by atoms with E-state index in [4.69, 9.17) is 0 Å². The lowest BCUT2D eigenvalue weighted by Gasteiger charge is -2.35. The van der Waals surface area contributed by atoms with E-state index in [1.807, 2.05) is 23.1 Å².